The van der Waals surface area contributed by atoms with Gasteiger partial charge in [0.1, 0.15) is 9.80 Å². The van der Waals surface area contributed by atoms with Crippen LogP contribution in [0.3, 0.4) is 0 Å². The van der Waals surface area contributed by atoms with E-state index in [0.717, 1.165) is 9.54 Å². The molecule has 0 aliphatic carbocycles. The van der Waals surface area contributed by atoms with Gasteiger partial charge in [0.15, 0.2) is 3.83 Å². The molecule has 0 aliphatic rings. The van der Waals surface area contributed by atoms with Gasteiger partial charge in [-0.2, -0.15) is 0 Å². The van der Waals surface area contributed by atoms with E-state index in [4.69, 9.17) is 6.42 Å². The van der Waals surface area contributed by atoms with Crippen molar-refractivity contribution in [1.29, 1.82) is 0 Å². The van der Waals surface area contributed by atoms with Crippen molar-refractivity contribution in [3.8, 4) is 12.3 Å². The smallest absolute Gasteiger partial charge is 0.270 e. The zero-order chi connectivity index (χ0) is 16.5. The number of aliphatic hydroxyl groups excluding tert-OH is 1. The molecule has 1 atom stereocenters. The SMILES string of the molecule is C#CC(O)Cc1c(I)nc(I)n1S(=O)(=O)c1ccc(C)cc1. The lowest BCUT2D eigenvalue weighted by molar-refractivity contribution is 0.231. The van der Waals surface area contributed by atoms with Crippen molar-refractivity contribution in [2.45, 2.75) is 24.3 Å². The van der Waals surface area contributed by atoms with E-state index < -0.39 is 16.1 Å². The Hall–Kier alpha value is -0.640. The van der Waals surface area contributed by atoms with E-state index >= 15 is 0 Å². The number of halogens is 2. The van der Waals surface area contributed by atoms with Crippen LogP contribution in [0, 0.1) is 26.8 Å². The molecule has 0 bridgehead atoms. The minimum absolute atomic E-state index is 0.0237. The van der Waals surface area contributed by atoms with E-state index in [1.54, 1.807) is 24.3 Å². The summed E-state index contributed by atoms with van der Waals surface area (Å²) in [6.45, 7) is 1.88. The van der Waals surface area contributed by atoms with Crippen LogP contribution in [0.1, 0.15) is 11.3 Å². The minimum atomic E-state index is -3.79. The van der Waals surface area contributed by atoms with Crippen molar-refractivity contribution >= 4 is 55.2 Å². The molecule has 0 saturated carbocycles. The first-order valence-electron chi connectivity index (χ1n) is 6.16. The molecule has 0 fully saturated rings. The molecule has 2 rings (SSSR count). The second-order valence-electron chi connectivity index (χ2n) is 4.59. The molecule has 1 aromatic heterocycles. The number of aliphatic hydroxyl groups is 1. The van der Waals surface area contributed by atoms with Crippen molar-refractivity contribution in [1.82, 2.24) is 8.96 Å². The van der Waals surface area contributed by atoms with Gasteiger partial charge in [0.25, 0.3) is 10.0 Å². The standard InChI is InChI=1S/C14H12I2N2O3S/c1-3-10(19)8-12-13(15)17-14(16)18(12)22(20,21)11-6-4-9(2)5-7-11/h1,4-7,10,19H,8H2,2H3. The molecule has 0 spiro atoms. The Morgan fingerprint density at radius 3 is 2.50 bits per heavy atom. The van der Waals surface area contributed by atoms with Crippen LogP contribution in [-0.2, 0) is 16.4 Å². The van der Waals surface area contributed by atoms with Gasteiger partial charge in [-0.3, -0.25) is 0 Å². The summed E-state index contributed by atoms with van der Waals surface area (Å²) in [5, 5.41) is 9.66. The predicted octanol–water partition coefficient (Wildman–Crippen LogP) is 2.17. The number of terminal acetylenes is 1. The summed E-state index contributed by atoms with van der Waals surface area (Å²) >= 11 is 3.80. The Morgan fingerprint density at radius 2 is 1.95 bits per heavy atom. The number of hydrogen-bond acceptors (Lipinski definition) is 4. The van der Waals surface area contributed by atoms with Gasteiger partial charge in [0, 0.05) is 29.0 Å². The Bertz CT molecular complexity index is 836. The molecule has 0 amide bonds. The first kappa shape index (κ1) is 17.7. The third-order valence-electron chi connectivity index (χ3n) is 2.98. The first-order chi connectivity index (χ1) is 10.3. The van der Waals surface area contributed by atoms with Gasteiger partial charge in [0.05, 0.1) is 10.6 Å². The fraction of sp³-hybridized carbons (Fsp3) is 0.214. The lowest BCUT2D eigenvalue weighted by atomic mass is 10.2. The van der Waals surface area contributed by atoms with Crippen LogP contribution in [-0.4, -0.2) is 28.6 Å². The second-order valence-corrected chi connectivity index (χ2v) is 8.36. The first-order valence-corrected chi connectivity index (χ1v) is 9.76. The summed E-state index contributed by atoms with van der Waals surface area (Å²) in [5.41, 5.74) is 1.35. The normalized spacial score (nSPS) is 12.9. The van der Waals surface area contributed by atoms with Crippen LogP contribution in [0.4, 0.5) is 0 Å². The van der Waals surface area contributed by atoms with Gasteiger partial charge >= 0.3 is 0 Å². The average Bonchev–Trinajstić information content (AvgIpc) is 2.74. The number of aryl methyl sites for hydroxylation is 1. The third kappa shape index (κ3) is 3.47. The molecule has 1 aromatic carbocycles. The molecule has 22 heavy (non-hydrogen) atoms. The quantitative estimate of drug-likeness (QED) is 0.476. The maximum atomic E-state index is 12.9. The molecule has 5 nitrogen and oxygen atoms in total. The molecule has 116 valence electrons. The van der Waals surface area contributed by atoms with E-state index in [2.05, 4.69) is 10.9 Å². The van der Waals surface area contributed by atoms with E-state index in [9.17, 15) is 13.5 Å². The lowest BCUT2D eigenvalue weighted by Crippen LogP contribution is -2.20. The molecular formula is C14H12I2N2O3S. The summed E-state index contributed by atoms with van der Waals surface area (Å²) in [7, 11) is -3.79. The highest BCUT2D eigenvalue weighted by atomic mass is 127. The van der Waals surface area contributed by atoms with Crippen molar-refractivity contribution < 1.29 is 13.5 Å². The molecule has 1 heterocycles. The number of nitrogens with zero attached hydrogens (tertiary/aromatic N) is 2. The zero-order valence-electron chi connectivity index (χ0n) is 11.5. The van der Waals surface area contributed by atoms with E-state index in [-0.39, 0.29) is 11.3 Å². The van der Waals surface area contributed by atoms with Crippen LogP contribution in [0.25, 0.3) is 0 Å². The number of rotatable bonds is 4. The van der Waals surface area contributed by atoms with Gasteiger partial charge in [-0.1, -0.05) is 23.6 Å². The molecule has 0 saturated heterocycles. The summed E-state index contributed by atoms with van der Waals surface area (Å²) in [6.07, 6.45) is 4.14. The van der Waals surface area contributed by atoms with Crippen LogP contribution < -0.4 is 0 Å². The highest BCUT2D eigenvalue weighted by Gasteiger charge is 2.27. The maximum absolute atomic E-state index is 12.9. The monoisotopic (exact) mass is 542 g/mol. The van der Waals surface area contributed by atoms with E-state index in [1.165, 1.54) is 0 Å². The van der Waals surface area contributed by atoms with Crippen LogP contribution in [0.15, 0.2) is 29.2 Å². The Labute approximate surface area is 156 Å². The lowest BCUT2D eigenvalue weighted by Gasteiger charge is -2.12. The van der Waals surface area contributed by atoms with Crippen molar-refractivity contribution in [3.05, 3.63) is 43.1 Å². The minimum Gasteiger partial charge on any atom is -0.380 e. The topological polar surface area (TPSA) is 72.2 Å². The molecule has 0 aliphatic heterocycles. The maximum Gasteiger partial charge on any atom is 0.270 e. The predicted molar refractivity (Wildman–Crippen MR) is 100.0 cm³/mol. The number of imidazole rings is 1. The fourth-order valence-electron chi connectivity index (χ4n) is 1.86. The van der Waals surface area contributed by atoms with Crippen molar-refractivity contribution in [3.63, 3.8) is 0 Å². The Balaban J connectivity index is 2.61. The summed E-state index contributed by atoms with van der Waals surface area (Å²) in [4.78, 5) is 4.35. The molecular weight excluding hydrogens is 530 g/mol. The molecule has 1 unspecified atom stereocenters. The Morgan fingerprint density at radius 1 is 1.36 bits per heavy atom. The van der Waals surface area contributed by atoms with Crippen LogP contribution >= 0.6 is 45.2 Å². The van der Waals surface area contributed by atoms with Crippen LogP contribution in [0.5, 0.6) is 0 Å². The van der Waals surface area contributed by atoms with E-state index in [0.29, 0.717) is 13.2 Å². The molecule has 8 heteroatoms. The second kappa shape index (κ2) is 6.86. The highest BCUT2D eigenvalue weighted by Crippen LogP contribution is 2.24. The summed E-state index contributed by atoms with van der Waals surface area (Å²) < 4.78 is 27.7. The van der Waals surface area contributed by atoms with Gasteiger partial charge in [-0.25, -0.2) is 17.4 Å². The molecule has 0 radical (unpaired) electrons. The van der Waals surface area contributed by atoms with Gasteiger partial charge in [-0.05, 0) is 41.6 Å². The van der Waals surface area contributed by atoms with Crippen molar-refractivity contribution in [2.75, 3.05) is 0 Å². The number of benzene rings is 1. The van der Waals surface area contributed by atoms with Crippen LogP contribution in [0.2, 0.25) is 0 Å². The molecule has 2 aromatic rings. The Kier molecular flexibility index (Phi) is 5.52. The highest BCUT2D eigenvalue weighted by molar-refractivity contribution is 14.1. The largest absolute Gasteiger partial charge is 0.380 e. The summed E-state index contributed by atoms with van der Waals surface area (Å²) in [5.74, 6) is 2.19. The van der Waals surface area contributed by atoms with Gasteiger partial charge in [0.2, 0.25) is 0 Å². The van der Waals surface area contributed by atoms with Gasteiger partial charge in [-0.15, -0.1) is 6.42 Å². The van der Waals surface area contributed by atoms with Gasteiger partial charge < -0.3 is 5.11 Å². The fourth-order valence-corrected chi connectivity index (χ4v) is 5.86. The van der Waals surface area contributed by atoms with Crippen molar-refractivity contribution in [2.24, 2.45) is 0 Å². The summed E-state index contributed by atoms with van der Waals surface area (Å²) in [6, 6.07) is 6.57. The number of aromatic nitrogens is 2. The average molecular weight is 542 g/mol. The van der Waals surface area contributed by atoms with E-state index in [1.807, 2.05) is 52.1 Å². The third-order valence-corrected chi connectivity index (χ3v) is 6.64. The zero-order valence-corrected chi connectivity index (χ0v) is 16.6. The number of hydrogen-bond donors (Lipinski definition) is 1. The molecule has 1 N–H and O–H groups in total.